The number of Topliss-reactive ketones (excluding diaryl/α,β-unsaturated/α-hetero) is 1. The zero-order valence-corrected chi connectivity index (χ0v) is 11.5. The molecule has 0 bridgehead atoms. The highest BCUT2D eigenvalue weighted by atomic mass is 19.4. The van der Waals surface area contributed by atoms with Crippen molar-refractivity contribution in [3.63, 3.8) is 0 Å². The second kappa shape index (κ2) is 5.35. The fourth-order valence-electron chi connectivity index (χ4n) is 2.27. The number of carbonyl (C=O) groups excluding carboxylic acids is 2. The summed E-state index contributed by atoms with van der Waals surface area (Å²) in [6.07, 6.45) is -2.24. The largest absolute Gasteiger partial charge is 0.418 e. The van der Waals surface area contributed by atoms with Crippen LogP contribution in [0.5, 0.6) is 0 Å². The predicted octanol–water partition coefficient (Wildman–Crippen LogP) is 3.48. The van der Waals surface area contributed by atoms with Gasteiger partial charge >= 0.3 is 6.18 Å². The summed E-state index contributed by atoms with van der Waals surface area (Å²) < 4.78 is 39.0. The molecule has 0 saturated carbocycles. The van der Waals surface area contributed by atoms with Gasteiger partial charge in [0.2, 0.25) is 11.6 Å². The Morgan fingerprint density at radius 2 is 1.74 bits per heavy atom. The van der Waals surface area contributed by atoms with Gasteiger partial charge in [0.1, 0.15) is 5.69 Å². The predicted molar refractivity (Wildman–Crippen MR) is 76.0 cm³/mol. The van der Waals surface area contributed by atoms with E-state index in [9.17, 15) is 22.8 Å². The molecule has 1 N–H and O–H groups in total. The first kappa shape index (κ1) is 15.0. The van der Waals surface area contributed by atoms with Gasteiger partial charge in [-0.15, -0.1) is 0 Å². The lowest BCUT2D eigenvalue weighted by Gasteiger charge is -2.18. The molecule has 1 aromatic heterocycles. The molecule has 0 spiro atoms. The van der Waals surface area contributed by atoms with Crippen LogP contribution >= 0.6 is 0 Å². The Morgan fingerprint density at radius 1 is 1.00 bits per heavy atom. The van der Waals surface area contributed by atoms with E-state index >= 15 is 0 Å². The smallest absolute Gasteiger partial charge is 0.352 e. The van der Waals surface area contributed by atoms with E-state index in [2.05, 4.69) is 10.3 Å². The normalized spacial score (nSPS) is 14.3. The molecule has 0 saturated heterocycles. The molecule has 116 valence electrons. The minimum absolute atomic E-state index is 0.00726. The number of nitrogens with zero attached hydrogens (tertiary/aromatic N) is 1. The van der Waals surface area contributed by atoms with Gasteiger partial charge in [-0.05, 0) is 24.3 Å². The third kappa shape index (κ3) is 2.73. The Labute approximate surface area is 128 Å². The number of alkyl halides is 3. The molecule has 4 nitrogen and oxygen atoms in total. The van der Waals surface area contributed by atoms with Crippen LogP contribution in [0, 0.1) is 0 Å². The van der Waals surface area contributed by atoms with Crippen LogP contribution in [0.4, 0.5) is 18.9 Å². The van der Waals surface area contributed by atoms with Crippen molar-refractivity contribution in [2.24, 2.45) is 0 Å². The molecule has 0 fully saturated rings. The first-order valence-corrected chi connectivity index (χ1v) is 6.57. The summed E-state index contributed by atoms with van der Waals surface area (Å²) in [5.41, 5.74) is -1.37. The fraction of sp³-hybridized carbons (Fsp3) is 0.0625. The summed E-state index contributed by atoms with van der Waals surface area (Å²) in [5.74, 6) is -1.11. The molecule has 23 heavy (non-hydrogen) atoms. The van der Waals surface area contributed by atoms with Crippen molar-refractivity contribution in [3.05, 3.63) is 71.2 Å². The average Bonchev–Trinajstić information content (AvgIpc) is 2.52. The van der Waals surface area contributed by atoms with Crippen molar-refractivity contribution in [1.29, 1.82) is 0 Å². The topological polar surface area (TPSA) is 59.1 Å². The molecule has 3 rings (SSSR count). The number of pyridine rings is 1. The maximum atomic E-state index is 13.0. The van der Waals surface area contributed by atoms with Gasteiger partial charge in [-0.3, -0.25) is 14.6 Å². The second-order valence-electron chi connectivity index (χ2n) is 4.82. The van der Waals surface area contributed by atoms with E-state index in [1.165, 1.54) is 36.5 Å². The van der Waals surface area contributed by atoms with Gasteiger partial charge in [-0.1, -0.05) is 12.1 Å². The standard InChI is InChI=1S/C16H9F3N2O2/c17-16(18,19)10-5-1-2-6-11(10)21-12-8-13(22)14-9(15(12)23)4-3-7-20-14/h1-8,21H. The summed E-state index contributed by atoms with van der Waals surface area (Å²) in [7, 11) is 0. The third-order valence-electron chi connectivity index (χ3n) is 3.31. The van der Waals surface area contributed by atoms with E-state index in [0.29, 0.717) is 0 Å². The third-order valence-corrected chi connectivity index (χ3v) is 3.31. The van der Waals surface area contributed by atoms with Gasteiger partial charge in [0.05, 0.1) is 22.5 Å². The van der Waals surface area contributed by atoms with Crippen molar-refractivity contribution < 1.29 is 22.8 Å². The number of hydrogen-bond acceptors (Lipinski definition) is 4. The number of anilines is 1. The molecule has 1 heterocycles. The first-order chi connectivity index (χ1) is 10.9. The van der Waals surface area contributed by atoms with Crippen LogP contribution in [0.1, 0.15) is 26.4 Å². The number of nitrogens with one attached hydrogen (secondary N) is 1. The summed E-state index contributed by atoms with van der Waals surface area (Å²) in [4.78, 5) is 28.1. The maximum Gasteiger partial charge on any atom is 0.418 e. The molecule has 1 aliphatic rings. The Bertz CT molecular complexity index is 841. The Kier molecular flexibility index (Phi) is 3.48. The number of para-hydroxylation sites is 1. The summed E-state index contributed by atoms with van der Waals surface area (Å²) in [5, 5.41) is 2.42. The minimum Gasteiger partial charge on any atom is -0.352 e. The van der Waals surface area contributed by atoms with Crippen molar-refractivity contribution in [3.8, 4) is 0 Å². The lowest BCUT2D eigenvalue weighted by atomic mass is 9.97. The maximum absolute atomic E-state index is 13.0. The molecule has 0 unspecified atom stereocenters. The highest BCUT2D eigenvalue weighted by Gasteiger charge is 2.34. The fourth-order valence-corrected chi connectivity index (χ4v) is 2.27. The zero-order chi connectivity index (χ0) is 16.6. The first-order valence-electron chi connectivity index (χ1n) is 6.57. The van der Waals surface area contributed by atoms with E-state index in [1.54, 1.807) is 0 Å². The number of rotatable bonds is 2. The van der Waals surface area contributed by atoms with Gasteiger partial charge < -0.3 is 5.32 Å². The molecule has 0 atom stereocenters. The molecule has 2 aromatic rings. The molecule has 0 amide bonds. The van der Waals surface area contributed by atoms with Crippen LogP contribution in [0.25, 0.3) is 0 Å². The van der Waals surface area contributed by atoms with E-state index in [-0.39, 0.29) is 22.6 Å². The lowest BCUT2D eigenvalue weighted by Crippen LogP contribution is -2.23. The van der Waals surface area contributed by atoms with Crippen LogP contribution in [0.3, 0.4) is 0 Å². The lowest BCUT2D eigenvalue weighted by molar-refractivity contribution is -0.136. The van der Waals surface area contributed by atoms with Crippen molar-refractivity contribution >= 4 is 17.3 Å². The highest BCUT2D eigenvalue weighted by Crippen LogP contribution is 2.35. The Morgan fingerprint density at radius 3 is 2.48 bits per heavy atom. The van der Waals surface area contributed by atoms with Crippen LogP contribution < -0.4 is 5.32 Å². The minimum atomic E-state index is -4.58. The van der Waals surface area contributed by atoms with Crippen LogP contribution in [-0.4, -0.2) is 16.6 Å². The van der Waals surface area contributed by atoms with E-state index in [4.69, 9.17) is 0 Å². The average molecular weight is 318 g/mol. The number of halogens is 3. The van der Waals surface area contributed by atoms with Crippen LogP contribution in [-0.2, 0) is 6.18 Å². The van der Waals surface area contributed by atoms with E-state index in [1.807, 2.05) is 0 Å². The summed E-state index contributed by atoms with van der Waals surface area (Å²) in [6, 6.07) is 7.63. The number of hydrogen-bond donors (Lipinski definition) is 1. The quantitative estimate of drug-likeness (QED) is 0.921. The van der Waals surface area contributed by atoms with Gasteiger partial charge in [-0.2, -0.15) is 13.2 Å². The molecule has 0 aliphatic heterocycles. The van der Waals surface area contributed by atoms with Crippen LogP contribution in [0.15, 0.2) is 54.4 Å². The number of ketones is 2. The van der Waals surface area contributed by atoms with Crippen molar-refractivity contribution in [2.45, 2.75) is 6.18 Å². The number of carbonyl (C=O) groups is 2. The molecule has 1 aromatic carbocycles. The highest BCUT2D eigenvalue weighted by molar-refractivity contribution is 6.24. The van der Waals surface area contributed by atoms with E-state index in [0.717, 1.165) is 12.1 Å². The molecule has 1 aliphatic carbocycles. The summed E-state index contributed by atoms with van der Waals surface area (Å²) in [6.45, 7) is 0. The molecular weight excluding hydrogens is 309 g/mol. The second-order valence-corrected chi connectivity index (χ2v) is 4.82. The van der Waals surface area contributed by atoms with Gasteiger partial charge in [0.15, 0.2) is 0 Å². The molecule has 7 heteroatoms. The van der Waals surface area contributed by atoms with Crippen LogP contribution in [0.2, 0.25) is 0 Å². The monoisotopic (exact) mass is 318 g/mol. The van der Waals surface area contributed by atoms with Crippen molar-refractivity contribution in [1.82, 2.24) is 4.98 Å². The number of fused-ring (bicyclic) bond motifs is 1. The SMILES string of the molecule is O=C1C(Nc2ccccc2C(F)(F)F)=CC(=O)c2ncccc21. The zero-order valence-electron chi connectivity index (χ0n) is 11.5. The van der Waals surface area contributed by atoms with E-state index < -0.39 is 23.3 Å². The number of allylic oxidation sites excluding steroid dienone is 2. The number of benzene rings is 1. The van der Waals surface area contributed by atoms with Gasteiger partial charge in [0.25, 0.3) is 0 Å². The number of aromatic nitrogens is 1. The van der Waals surface area contributed by atoms with Crippen molar-refractivity contribution in [2.75, 3.05) is 5.32 Å². The Balaban J connectivity index is 2.00. The molecule has 0 radical (unpaired) electrons. The summed E-state index contributed by atoms with van der Waals surface area (Å²) >= 11 is 0. The molecular formula is C16H9F3N2O2. The van der Waals surface area contributed by atoms with Gasteiger partial charge in [-0.25, -0.2) is 0 Å². The Hall–Kier alpha value is -2.96. The van der Waals surface area contributed by atoms with Gasteiger partial charge in [0, 0.05) is 12.3 Å².